The van der Waals surface area contributed by atoms with Gasteiger partial charge in [0, 0.05) is 20.1 Å². The summed E-state index contributed by atoms with van der Waals surface area (Å²) in [7, 11) is 1.53. The number of aliphatic hydroxyl groups excluding tert-OH is 2. The fourth-order valence-electron chi connectivity index (χ4n) is 2.22. The molecule has 0 spiro atoms. The number of nitrogens with one attached hydrogen (secondary N) is 1. The Hall–Kier alpha value is -2.19. The third-order valence-corrected chi connectivity index (χ3v) is 3.26. The summed E-state index contributed by atoms with van der Waals surface area (Å²) >= 11 is 0. The number of aliphatic hydroxyl groups is 2. The number of rotatable bonds is 3. The number of β-amino-alcohol motifs (C(OH)–C–C–N with tert-alkyl or cyclic N) is 2. The number of likely N-dealkylation sites (tertiary alicyclic amines) is 1. The van der Waals surface area contributed by atoms with Crippen molar-refractivity contribution in [3.05, 3.63) is 33.9 Å². The standard InChI is InChI=1S/C12H15N3O5/c1-13-8-4-2-3-7(11(8)15(19)20)12(18)14-5-9(16)10(17)6-14/h2-4,9-10,13,16-17H,5-6H2,1H3. The average Bonchev–Trinajstić information content (AvgIpc) is 2.76. The van der Waals surface area contributed by atoms with Gasteiger partial charge in [0.25, 0.3) is 5.91 Å². The molecule has 108 valence electrons. The van der Waals surface area contributed by atoms with E-state index in [0.717, 1.165) is 0 Å². The highest BCUT2D eigenvalue weighted by molar-refractivity contribution is 6.00. The molecule has 0 aromatic heterocycles. The van der Waals surface area contributed by atoms with Crippen LogP contribution in [-0.2, 0) is 0 Å². The van der Waals surface area contributed by atoms with Gasteiger partial charge in [0.05, 0.1) is 17.1 Å². The molecule has 1 aromatic rings. The smallest absolute Gasteiger partial charge is 0.305 e. The lowest BCUT2D eigenvalue weighted by Gasteiger charge is -2.16. The van der Waals surface area contributed by atoms with Gasteiger partial charge >= 0.3 is 5.69 Å². The first-order valence-corrected chi connectivity index (χ1v) is 6.06. The Bertz CT molecular complexity index is 538. The van der Waals surface area contributed by atoms with Gasteiger partial charge in [-0.2, -0.15) is 0 Å². The zero-order valence-corrected chi connectivity index (χ0v) is 10.8. The van der Waals surface area contributed by atoms with Crippen LogP contribution in [0.15, 0.2) is 18.2 Å². The molecule has 1 amide bonds. The summed E-state index contributed by atoms with van der Waals surface area (Å²) in [6, 6.07) is 4.40. The van der Waals surface area contributed by atoms with Crippen molar-refractivity contribution in [1.82, 2.24) is 4.90 Å². The van der Waals surface area contributed by atoms with Gasteiger partial charge in [0.15, 0.2) is 0 Å². The highest BCUT2D eigenvalue weighted by Gasteiger charge is 2.35. The molecule has 8 nitrogen and oxygen atoms in total. The Morgan fingerprint density at radius 2 is 2.00 bits per heavy atom. The van der Waals surface area contributed by atoms with Crippen molar-refractivity contribution in [3.63, 3.8) is 0 Å². The Morgan fingerprint density at radius 3 is 2.50 bits per heavy atom. The number of nitro groups is 1. The number of hydrogen-bond donors (Lipinski definition) is 3. The second-order valence-corrected chi connectivity index (χ2v) is 4.55. The summed E-state index contributed by atoms with van der Waals surface area (Å²) in [6.45, 7) is -0.0815. The minimum absolute atomic E-state index is 0.0407. The first-order valence-electron chi connectivity index (χ1n) is 6.06. The van der Waals surface area contributed by atoms with Gasteiger partial charge in [-0.15, -0.1) is 0 Å². The molecule has 0 saturated carbocycles. The Morgan fingerprint density at radius 1 is 1.40 bits per heavy atom. The number of anilines is 1. The molecule has 1 fully saturated rings. The third-order valence-electron chi connectivity index (χ3n) is 3.26. The zero-order valence-electron chi connectivity index (χ0n) is 10.8. The maximum Gasteiger partial charge on any atom is 0.305 e. The minimum Gasteiger partial charge on any atom is -0.388 e. The molecule has 1 heterocycles. The minimum atomic E-state index is -1.02. The van der Waals surface area contributed by atoms with E-state index in [0.29, 0.717) is 0 Å². The van der Waals surface area contributed by atoms with Crippen molar-refractivity contribution in [2.45, 2.75) is 12.2 Å². The maximum atomic E-state index is 12.3. The Balaban J connectivity index is 2.38. The van der Waals surface area contributed by atoms with Crippen LogP contribution in [0.1, 0.15) is 10.4 Å². The van der Waals surface area contributed by atoms with Crippen LogP contribution in [0, 0.1) is 10.1 Å². The number of para-hydroxylation sites is 1. The number of carbonyl (C=O) groups excluding carboxylic acids is 1. The molecular weight excluding hydrogens is 266 g/mol. The molecule has 2 atom stereocenters. The molecule has 8 heteroatoms. The number of nitro benzene ring substituents is 1. The summed E-state index contributed by atoms with van der Waals surface area (Å²) in [5.74, 6) is -0.579. The number of benzene rings is 1. The Kier molecular flexibility index (Phi) is 3.86. The van der Waals surface area contributed by atoms with Crippen LogP contribution in [0.25, 0.3) is 0 Å². The van der Waals surface area contributed by atoms with Gasteiger partial charge < -0.3 is 20.4 Å². The topological polar surface area (TPSA) is 116 Å². The van der Waals surface area contributed by atoms with Crippen molar-refractivity contribution in [3.8, 4) is 0 Å². The zero-order chi connectivity index (χ0) is 14.9. The van der Waals surface area contributed by atoms with Gasteiger partial charge in [-0.05, 0) is 12.1 Å². The summed E-state index contributed by atoms with van der Waals surface area (Å²) in [5, 5.41) is 32.7. The van der Waals surface area contributed by atoms with Crippen molar-refractivity contribution >= 4 is 17.3 Å². The number of amides is 1. The van der Waals surface area contributed by atoms with Gasteiger partial charge in [-0.25, -0.2) is 0 Å². The van der Waals surface area contributed by atoms with Crippen LogP contribution < -0.4 is 5.32 Å². The molecule has 1 saturated heterocycles. The van der Waals surface area contributed by atoms with Crippen molar-refractivity contribution < 1.29 is 19.9 Å². The van der Waals surface area contributed by atoms with Gasteiger partial charge in [0.2, 0.25) is 0 Å². The second-order valence-electron chi connectivity index (χ2n) is 4.55. The lowest BCUT2D eigenvalue weighted by atomic mass is 10.1. The van der Waals surface area contributed by atoms with E-state index in [1.54, 1.807) is 0 Å². The maximum absolute atomic E-state index is 12.3. The Labute approximate surface area is 114 Å². The molecule has 3 N–H and O–H groups in total. The molecule has 20 heavy (non-hydrogen) atoms. The van der Waals surface area contributed by atoms with E-state index in [1.165, 1.54) is 30.1 Å². The number of carbonyl (C=O) groups is 1. The molecular formula is C12H15N3O5. The fraction of sp³-hybridized carbons (Fsp3) is 0.417. The molecule has 0 radical (unpaired) electrons. The summed E-state index contributed by atoms with van der Waals surface area (Å²) in [5.41, 5.74) is -0.139. The van der Waals surface area contributed by atoms with E-state index in [4.69, 9.17) is 0 Å². The molecule has 2 rings (SSSR count). The van der Waals surface area contributed by atoms with E-state index in [9.17, 15) is 25.1 Å². The van der Waals surface area contributed by atoms with Crippen molar-refractivity contribution in [1.29, 1.82) is 0 Å². The molecule has 1 aromatic carbocycles. The van der Waals surface area contributed by atoms with E-state index in [-0.39, 0.29) is 30.0 Å². The van der Waals surface area contributed by atoms with Crippen LogP contribution in [-0.4, -0.2) is 58.3 Å². The van der Waals surface area contributed by atoms with Crippen LogP contribution in [0.5, 0.6) is 0 Å². The molecule has 1 aliphatic heterocycles. The predicted octanol–water partition coefficient (Wildman–Crippen LogP) is -0.186. The predicted molar refractivity (Wildman–Crippen MR) is 70.6 cm³/mol. The third kappa shape index (κ3) is 2.43. The average molecular weight is 281 g/mol. The number of hydrogen-bond acceptors (Lipinski definition) is 6. The second kappa shape index (κ2) is 5.43. The molecule has 0 aliphatic carbocycles. The molecule has 1 aliphatic rings. The molecule has 2 unspecified atom stereocenters. The van der Waals surface area contributed by atoms with E-state index >= 15 is 0 Å². The van der Waals surface area contributed by atoms with Gasteiger partial charge in [-0.1, -0.05) is 6.07 Å². The van der Waals surface area contributed by atoms with Crippen LogP contribution in [0.4, 0.5) is 11.4 Å². The normalized spacial score (nSPS) is 21.9. The van der Waals surface area contributed by atoms with Crippen LogP contribution in [0.3, 0.4) is 0 Å². The van der Waals surface area contributed by atoms with Crippen LogP contribution in [0.2, 0.25) is 0 Å². The largest absolute Gasteiger partial charge is 0.388 e. The first kappa shape index (κ1) is 14.2. The highest BCUT2D eigenvalue weighted by atomic mass is 16.6. The summed E-state index contributed by atoms with van der Waals surface area (Å²) < 4.78 is 0. The monoisotopic (exact) mass is 281 g/mol. The van der Waals surface area contributed by atoms with Gasteiger partial charge in [0.1, 0.15) is 11.3 Å². The van der Waals surface area contributed by atoms with E-state index in [1.807, 2.05) is 0 Å². The van der Waals surface area contributed by atoms with Crippen molar-refractivity contribution in [2.75, 3.05) is 25.5 Å². The SMILES string of the molecule is CNc1cccc(C(=O)N2CC(O)C(O)C2)c1[N+](=O)[O-]. The van der Waals surface area contributed by atoms with E-state index in [2.05, 4.69) is 5.32 Å². The summed E-state index contributed by atoms with van der Waals surface area (Å²) in [4.78, 5) is 24.0. The van der Waals surface area contributed by atoms with E-state index < -0.39 is 23.0 Å². The van der Waals surface area contributed by atoms with Crippen molar-refractivity contribution in [2.24, 2.45) is 0 Å². The number of nitrogens with zero attached hydrogens (tertiary/aromatic N) is 2. The molecule has 0 bridgehead atoms. The van der Waals surface area contributed by atoms with Gasteiger partial charge in [-0.3, -0.25) is 14.9 Å². The fourth-order valence-corrected chi connectivity index (χ4v) is 2.22. The first-order chi connectivity index (χ1) is 9.45. The van der Waals surface area contributed by atoms with Crippen LogP contribution >= 0.6 is 0 Å². The highest BCUT2D eigenvalue weighted by Crippen LogP contribution is 2.30. The summed E-state index contributed by atoms with van der Waals surface area (Å²) in [6.07, 6.45) is -2.05. The quantitative estimate of drug-likeness (QED) is 0.522. The lowest BCUT2D eigenvalue weighted by Crippen LogP contribution is -2.30. The lowest BCUT2D eigenvalue weighted by molar-refractivity contribution is -0.384.